The van der Waals surface area contributed by atoms with Gasteiger partial charge in [0.15, 0.2) is 0 Å². The number of ether oxygens (including phenoxy) is 1. The number of rotatable bonds is 1. The molecular formula is C9H17N3O. The number of hydrogen-bond acceptors (Lipinski definition) is 2. The highest BCUT2D eigenvalue weighted by molar-refractivity contribution is 4.89. The first kappa shape index (κ1) is 10.4. The Bertz CT molecular complexity index is 211. The Balaban J connectivity index is 2.81. The third-order valence-corrected chi connectivity index (χ3v) is 3.17. The Morgan fingerprint density at radius 3 is 1.92 bits per heavy atom. The van der Waals surface area contributed by atoms with E-state index in [1.54, 1.807) is 0 Å². The minimum Gasteiger partial charge on any atom is -0.375 e. The van der Waals surface area contributed by atoms with Crippen molar-refractivity contribution >= 4 is 0 Å². The van der Waals surface area contributed by atoms with Crippen LogP contribution in [0.25, 0.3) is 10.4 Å². The predicted octanol–water partition coefficient (Wildman–Crippen LogP) is 2.74. The molecule has 0 bridgehead atoms. The molecule has 4 heteroatoms. The Hall–Kier alpha value is -0.730. The molecule has 1 aliphatic heterocycles. The van der Waals surface area contributed by atoms with E-state index in [1.165, 1.54) is 0 Å². The van der Waals surface area contributed by atoms with Crippen molar-refractivity contribution in [2.24, 2.45) is 17.0 Å². The molecule has 1 rings (SSSR count). The highest BCUT2D eigenvalue weighted by Crippen LogP contribution is 2.31. The van der Waals surface area contributed by atoms with Crippen LogP contribution in [0.3, 0.4) is 0 Å². The number of azide groups is 1. The van der Waals surface area contributed by atoms with Crippen molar-refractivity contribution in [1.29, 1.82) is 0 Å². The van der Waals surface area contributed by atoms with E-state index in [9.17, 15) is 0 Å². The lowest BCUT2D eigenvalue weighted by Gasteiger charge is -2.40. The molecule has 0 aromatic heterocycles. The zero-order valence-electron chi connectivity index (χ0n) is 8.64. The lowest BCUT2D eigenvalue weighted by Crippen LogP contribution is -2.45. The molecule has 0 amide bonds. The van der Waals surface area contributed by atoms with Crippen molar-refractivity contribution in [3.63, 3.8) is 0 Å². The molecule has 0 radical (unpaired) electrons. The zero-order valence-corrected chi connectivity index (χ0v) is 8.64. The molecule has 0 saturated carbocycles. The summed E-state index contributed by atoms with van der Waals surface area (Å²) in [5.74, 6) is 0.615. The molecule has 13 heavy (non-hydrogen) atoms. The van der Waals surface area contributed by atoms with Crippen LogP contribution in [0.5, 0.6) is 0 Å². The maximum atomic E-state index is 8.44. The molecule has 74 valence electrons. The van der Waals surface area contributed by atoms with Crippen LogP contribution < -0.4 is 0 Å². The number of nitrogens with zero attached hydrogens (tertiary/aromatic N) is 3. The van der Waals surface area contributed by atoms with Gasteiger partial charge in [0.2, 0.25) is 0 Å². The lowest BCUT2D eigenvalue weighted by molar-refractivity contribution is -0.0985. The van der Waals surface area contributed by atoms with E-state index in [0.29, 0.717) is 11.8 Å². The maximum absolute atomic E-state index is 8.44. The second-order valence-corrected chi connectivity index (χ2v) is 3.96. The minimum absolute atomic E-state index is 0.0729. The summed E-state index contributed by atoms with van der Waals surface area (Å²) in [6, 6.07) is 0.0729. The summed E-state index contributed by atoms with van der Waals surface area (Å²) in [7, 11) is 0. The fourth-order valence-corrected chi connectivity index (χ4v) is 1.89. The Kier molecular flexibility index (Phi) is 3.17. The van der Waals surface area contributed by atoms with Crippen LogP contribution >= 0.6 is 0 Å². The normalized spacial score (nSPS) is 45.4. The summed E-state index contributed by atoms with van der Waals surface area (Å²) in [5.41, 5.74) is 8.44. The fourth-order valence-electron chi connectivity index (χ4n) is 1.89. The van der Waals surface area contributed by atoms with Gasteiger partial charge in [-0.25, -0.2) is 0 Å². The highest BCUT2D eigenvalue weighted by Gasteiger charge is 2.36. The van der Waals surface area contributed by atoms with Crippen molar-refractivity contribution in [3.8, 4) is 0 Å². The standard InChI is InChI=1S/C9H17N3O/c1-5-7(3)13-8(4)6(2)9(5)11-12-10/h5-9H,1-4H3/t5-,6?,7?,8?,9?/m1/s1. The first-order chi connectivity index (χ1) is 6.07. The molecular weight excluding hydrogens is 166 g/mol. The van der Waals surface area contributed by atoms with Crippen LogP contribution in [0.4, 0.5) is 0 Å². The van der Waals surface area contributed by atoms with E-state index in [4.69, 9.17) is 10.3 Å². The van der Waals surface area contributed by atoms with Crippen LogP contribution in [0.15, 0.2) is 5.11 Å². The van der Waals surface area contributed by atoms with Crippen LogP contribution in [-0.2, 0) is 4.74 Å². The first-order valence-corrected chi connectivity index (χ1v) is 4.77. The van der Waals surface area contributed by atoms with Gasteiger partial charge < -0.3 is 4.74 Å². The molecule has 0 aliphatic carbocycles. The van der Waals surface area contributed by atoms with Gasteiger partial charge in [-0.3, -0.25) is 0 Å². The third kappa shape index (κ3) is 1.95. The van der Waals surface area contributed by atoms with Gasteiger partial charge in [-0.1, -0.05) is 19.0 Å². The van der Waals surface area contributed by atoms with Gasteiger partial charge in [-0.15, -0.1) is 0 Å². The van der Waals surface area contributed by atoms with Crippen molar-refractivity contribution in [2.75, 3.05) is 0 Å². The van der Waals surface area contributed by atoms with Crippen molar-refractivity contribution in [3.05, 3.63) is 10.4 Å². The smallest absolute Gasteiger partial charge is 0.0580 e. The van der Waals surface area contributed by atoms with E-state index < -0.39 is 0 Å². The van der Waals surface area contributed by atoms with Gasteiger partial charge in [0.25, 0.3) is 0 Å². The fraction of sp³-hybridized carbons (Fsp3) is 1.00. The van der Waals surface area contributed by atoms with Crippen LogP contribution in [0.1, 0.15) is 27.7 Å². The zero-order chi connectivity index (χ0) is 10.0. The second kappa shape index (κ2) is 3.99. The molecule has 1 saturated heterocycles. The van der Waals surface area contributed by atoms with Gasteiger partial charge in [0, 0.05) is 11.0 Å². The Labute approximate surface area is 78.9 Å². The largest absolute Gasteiger partial charge is 0.375 e. The summed E-state index contributed by atoms with van der Waals surface area (Å²) in [5, 5.41) is 3.85. The molecule has 0 aromatic carbocycles. The number of hydrogen-bond donors (Lipinski definition) is 0. The van der Waals surface area contributed by atoms with Gasteiger partial charge in [-0.05, 0) is 31.2 Å². The third-order valence-electron chi connectivity index (χ3n) is 3.17. The molecule has 0 aromatic rings. The lowest BCUT2D eigenvalue weighted by atomic mass is 9.82. The molecule has 1 fully saturated rings. The Morgan fingerprint density at radius 1 is 1.08 bits per heavy atom. The summed E-state index contributed by atoms with van der Waals surface area (Å²) >= 11 is 0. The van der Waals surface area contributed by atoms with Crippen LogP contribution in [0.2, 0.25) is 0 Å². The molecule has 1 aliphatic rings. The van der Waals surface area contributed by atoms with Crippen molar-refractivity contribution in [2.45, 2.75) is 45.9 Å². The maximum Gasteiger partial charge on any atom is 0.0580 e. The summed E-state index contributed by atoms with van der Waals surface area (Å²) in [6.07, 6.45) is 0.364. The van der Waals surface area contributed by atoms with Gasteiger partial charge in [0.1, 0.15) is 0 Å². The molecule has 4 nitrogen and oxygen atoms in total. The summed E-state index contributed by atoms with van der Waals surface area (Å²) in [6.45, 7) is 8.22. The van der Waals surface area contributed by atoms with E-state index >= 15 is 0 Å². The van der Waals surface area contributed by atoms with E-state index in [2.05, 4.69) is 23.9 Å². The average molecular weight is 183 g/mol. The minimum atomic E-state index is 0.0729. The van der Waals surface area contributed by atoms with E-state index in [1.807, 2.05) is 13.8 Å². The SMILES string of the molecule is CC1OC(C)[C@@H](C)C(N=[N+]=[N-])C1C. The predicted molar refractivity (Wildman–Crippen MR) is 51.3 cm³/mol. The van der Waals surface area contributed by atoms with E-state index in [0.717, 1.165) is 0 Å². The molecule has 1 heterocycles. The summed E-state index contributed by atoms with van der Waals surface area (Å²) < 4.78 is 5.70. The second-order valence-electron chi connectivity index (χ2n) is 3.96. The van der Waals surface area contributed by atoms with Gasteiger partial charge in [-0.2, -0.15) is 0 Å². The van der Waals surface area contributed by atoms with Gasteiger partial charge >= 0.3 is 0 Å². The van der Waals surface area contributed by atoms with Crippen LogP contribution in [0, 0.1) is 11.8 Å². The monoisotopic (exact) mass is 183 g/mol. The molecule has 5 atom stereocenters. The molecule has 0 N–H and O–H groups in total. The highest BCUT2D eigenvalue weighted by atomic mass is 16.5. The average Bonchev–Trinajstić information content (AvgIpc) is 2.09. The topological polar surface area (TPSA) is 58.0 Å². The molecule has 4 unspecified atom stereocenters. The molecule has 0 spiro atoms. The summed E-state index contributed by atoms with van der Waals surface area (Å²) in [4.78, 5) is 2.90. The van der Waals surface area contributed by atoms with E-state index in [-0.39, 0.29) is 18.2 Å². The van der Waals surface area contributed by atoms with Crippen molar-refractivity contribution in [1.82, 2.24) is 0 Å². The van der Waals surface area contributed by atoms with Gasteiger partial charge in [0.05, 0.1) is 12.2 Å². The first-order valence-electron chi connectivity index (χ1n) is 4.77. The van der Waals surface area contributed by atoms with Crippen molar-refractivity contribution < 1.29 is 4.74 Å². The quantitative estimate of drug-likeness (QED) is 0.350. The van der Waals surface area contributed by atoms with Crippen LogP contribution in [-0.4, -0.2) is 18.2 Å². The Morgan fingerprint density at radius 2 is 1.54 bits per heavy atom.